The molecule has 2 rings (SSSR count). The van der Waals surface area contributed by atoms with Crippen molar-refractivity contribution < 1.29 is 0 Å². The van der Waals surface area contributed by atoms with Crippen LogP contribution in [0.25, 0.3) is 0 Å². The fraction of sp³-hybridized carbons (Fsp3) is 0.800. The fourth-order valence-corrected chi connectivity index (χ4v) is 3.14. The maximum absolute atomic E-state index is 4.40. The molecule has 1 aromatic heterocycles. The minimum absolute atomic E-state index is 0.763. The second kappa shape index (κ2) is 6.93. The Balaban J connectivity index is 1.82. The highest BCUT2D eigenvalue weighted by atomic mass is 15.1. The van der Waals surface area contributed by atoms with E-state index in [-0.39, 0.29) is 0 Å². The summed E-state index contributed by atoms with van der Waals surface area (Å²) in [7, 11) is 0. The van der Waals surface area contributed by atoms with Crippen LogP contribution in [0.5, 0.6) is 0 Å². The Kier molecular flexibility index (Phi) is 5.24. The molecular formula is C15H27N3. The predicted octanol–water partition coefficient (Wildman–Crippen LogP) is 3.00. The lowest BCUT2D eigenvalue weighted by molar-refractivity contribution is 0.359. The maximum atomic E-state index is 4.40. The molecule has 0 saturated heterocycles. The van der Waals surface area contributed by atoms with Crippen molar-refractivity contribution in [2.45, 2.75) is 65.0 Å². The van der Waals surface area contributed by atoms with Gasteiger partial charge >= 0.3 is 0 Å². The van der Waals surface area contributed by atoms with E-state index in [2.05, 4.69) is 34.9 Å². The largest absolute Gasteiger partial charge is 0.335 e. The van der Waals surface area contributed by atoms with Crippen LogP contribution in [-0.2, 0) is 13.0 Å². The summed E-state index contributed by atoms with van der Waals surface area (Å²) in [5.74, 6) is 2.09. The van der Waals surface area contributed by atoms with Gasteiger partial charge in [0.25, 0.3) is 0 Å². The number of aromatic nitrogens is 2. The monoisotopic (exact) mass is 249 g/mol. The van der Waals surface area contributed by atoms with Gasteiger partial charge in [-0.2, -0.15) is 0 Å². The lowest BCUT2D eigenvalue weighted by atomic mass is 9.99. The van der Waals surface area contributed by atoms with Crippen LogP contribution in [0.3, 0.4) is 0 Å². The van der Waals surface area contributed by atoms with Crippen LogP contribution < -0.4 is 5.32 Å². The molecule has 3 heteroatoms. The first-order chi connectivity index (χ1) is 8.85. The zero-order chi connectivity index (χ0) is 12.8. The Labute approximate surface area is 111 Å². The van der Waals surface area contributed by atoms with Crippen molar-refractivity contribution in [2.24, 2.45) is 5.92 Å². The van der Waals surface area contributed by atoms with Crippen molar-refractivity contribution in [3.63, 3.8) is 0 Å². The Morgan fingerprint density at radius 1 is 1.39 bits per heavy atom. The number of hydrogen-bond donors (Lipinski definition) is 1. The second-order valence-corrected chi connectivity index (χ2v) is 5.43. The fourth-order valence-electron chi connectivity index (χ4n) is 3.14. The summed E-state index contributed by atoms with van der Waals surface area (Å²) < 4.78 is 2.33. The number of aryl methyl sites for hydroxylation is 2. The summed E-state index contributed by atoms with van der Waals surface area (Å²) in [6.45, 7) is 6.74. The average Bonchev–Trinajstić information content (AvgIpc) is 3.02. The quantitative estimate of drug-likeness (QED) is 0.805. The number of imidazole rings is 1. The van der Waals surface area contributed by atoms with Crippen molar-refractivity contribution in [3.05, 3.63) is 18.2 Å². The maximum Gasteiger partial charge on any atom is 0.108 e. The third kappa shape index (κ3) is 3.35. The van der Waals surface area contributed by atoms with Gasteiger partial charge in [-0.3, -0.25) is 0 Å². The molecule has 3 nitrogen and oxygen atoms in total. The normalized spacial score (nSPS) is 23.7. The van der Waals surface area contributed by atoms with Crippen molar-refractivity contribution in [1.82, 2.24) is 14.9 Å². The molecule has 1 N–H and O–H groups in total. The molecular weight excluding hydrogens is 222 g/mol. The lowest BCUT2D eigenvalue weighted by Crippen LogP contribution is -2.33. The molecule has 2 atom stereocenters. The van der Waals surface area contributed by atoms with Gasteiger partial charge in [0.05, 0.1) is 0 Å². The van der Waals surface area contributed by atoms with E-state index in [4.69, 9.17) is 0 Å². The molecule has 1 heterocycles. The average molecular weight is 249 g/mol. The Bertz CT molecular complexity index is 345. The van der Waals surface area contributed by atoms with Crippen molar-refractivity contribution in [1.29, 1.82) is 0 Å². The molecule has 0 aromatic carbocycles. The molecule has 0 spiro atoms. The van der Waals surface area contributed by atoms with Gasteiger partial charge in [-0.15, -0.1) is 0 Å². The SMILES string of the molecule is CCCNC1CCCC1CCn1ccnc1CC. The molecule has 18 heavy (non-hydrogen) atoms. The van der Waals surface area contributed by atoms with Crippen LogP contribution >= 0.6 is 0 Å². The van der Waals surface area contributed by atoms with Crippen molar-refractivity contribution in [2.75, 3.05) is 6.54 Å². The summed E-state index contributed by atoms with van der Waals surface area (Å²) in [6.07, 6.45) is 11.8. The predicted molar refractivity (Wildman–Crippen MR) is 75.6 cm³/mol. The van der Waals surface area contributed by atoms with Gasteiger partial charge in [0, 0.05) is 31.4 Å². The first-order valence-corrected chi connectivity index (χ1v) is 7.58. The number of rotatable bonds is 7. The van der Waals surface area contributed by atoms with Crippen LogP contribution in [-0.4, -0.2) is 22.1 Å². The van der Waals surface area contributed by atoms with Crippen LogP contribution in [0.1, 0.15) is 51.8 Å². The van der Waals surface area contributed by atoms with Gasteiger partial charge in [0.1, 0.15) is 5.82 Å². The van der Waals surface area contributed by atoms with Gasteiger partial charge in [-0.1, -0.05) is 20.3 Å². The minimum atomic E-state index is 0.763. The topological polar surface area (TPSA) is 29.9 Å². The molecule has 0 radical (unpaired) electrons. The van der Waals surface area contributed by atoms with E-state index in [9.17, 15) is 0 Å². The van der Waals surface area contributed by atoms with Gasteiger partial charge in [-0.05, 0) is 38.1 Å². The Morgan fingerprint density at radius 3 is 3.06 bits per heavy atom. The molecule has 1 aromatic rings. The smallest absolute Gasteiger partial charge is 0.108 e. The number of nitrogens with zero attached hydrogens (tertiary/aromatic N) is 2. The van der Waals surface area contributed by atoms with Gasteiger partial charge in [0.15, 0.2) is 0 Å². The van der Waals surface area contributed by atoms with Crippen LogP contribution in [0.15, 0.2) is 12.4 Å². The lowest BCUT2D eigenvalue weighted by Gasteiger charge is -2.21. The third-order valence-electron chi connectivity index (χ3n) is 4.17. The molecule has 0 bridgehead atoms. The molecule has 2 unspecified atom stereocenters. The van der Waals surface area contributed by atoms with E-state index >= 15 is 0 Å². The molecule has 1 saturated carbocycles. The van der Waals surface area contributed by atoms with Crippen LogP contribution in [0, 0.1) is 5.92 Å². The van der Waals surface area contributed by atoms with E-state index in [0.717, 1.165) is 24.9 Å². The number of hydrogen-bond acceptors (Lipinski definition) is 2. The van der Waals surface area contributed by atoms with E-state index in [1.54, 1.807) is 0 Å². The van der Waals surface area contributed by atoms with Gasteiger partial charge in [-0.25, -0.2) is 4.98 Å². The van der Waals surface area contributed by atoms with Crippen LogP contribution in [0.4, 0.5) is 0 Å². The first kappa shape index (κ1) is 13.6. The summed E-state index contributed by atoms with van der Waals surface area (Å²) in [4.78, 5) is 4.40. The van der Waals surface area contributed by atoms with Gasteiger partial charge in [0.2, 0.25) is 0 Å². The van der Waals surface area contributed by atoms with Crippen LogP contribution in [0.2, 0.25) is 0 Å². The third-order valence-corrected chi connectivity index (χ3v) is 4.17. The summed E-state index contributed by atoms with van der Waals surface area (Å²) >= 11 is 0. The molecule has 1 aliphatic carbocycles. The first-order valence-electron chi connectivity index (χ1n) is 7.58. The Hall–Kier alpha value is -0.830. The molecule has 1 aliphatic rings. The van der Waals surface area contributed by atoms with E-state index in [1.807, 2.05) is 6.20 Å². The van der Waals surface area contributed by atoms with Gasteiger partial charge < -0.3 is 9.88 Å². The standard InChI is InChI=1S/C15H27N3/c1-3-9-16-14-7-5-6-13(14)8-11-18-12-10-17-15(18)4-2/h10,12-14,16H,3-9,11H2,1-2H3. The summed E-state index contributed by atoms with van der Waals surface area (Å²) in [6, 6.07) is 0.763. The molecule has 1 fully saturated rings. The zero-order valence-electron chi connectivity index (χ0n) is 11.9. The number of nitrogens with one attached hydrogen (secondary N) is 1. The second-order valence-electron chi connectivity index (χ2n) is 5.43. The zero-order valence-corrected chi connectivity index (χ0v) is 11.9. The highest BCUT2D eigenvalue weighted by molar-refractivity contribution is 4.92. The van der Waals surface area contributed by atoms with E-state index < -0.39 is 0 Å². The Morgan fingerprint density at radius 2 is 2.28 bits per heavy atom. The van der Waals surface area contributed by atoms with E-state index in [0.29, 0.717) is 0 Å². The summed E-state index contributed by atoms with van der Waals surface area (Å²) in [5.41, 5.74) is 0. The van der Waals surface area contributed by atoms with Crippen molar-refractivity contribution in [3.8, 4) is 0 Å². The highest BCUT2D eigenvalue weighted by Crippen LogP contribution is 2.29. The molecule has 0 aliphatic heterocycles. The highest BCUT2D eigenvalue weighted by Gasteiger charge is 2.26. The molecule has 102 valence electrons. The summed E-state index contributed by atoms with van der Waals surface area (Å²) in [5, 5.41) is 3.72. The molecule has 0 amide bonds. The van der Waals surface area contributed by atoms with E-state index in [1.165, 1.54) is 44.5 Å². The van der Waals surface area contributed by atoms with Crippen molar-refractivity contribution >= 4 is 0 Å². The minimum Gasteiger partial charge on any atom is -0.335 e.